The number of carbonyl (C=O) groups is 3. The maximum atomic E-state index is 11.6. The van der Waals surface area contributed by atoms with E-state index in [-0.39, 0.29) is 18.0 Å². The van der Waals surface area contributed by atoms with Crippen molar-refractivity contribution < 1.29 is 19.5 Å². The molecule has 0 radical (unpaired) electrons. The lowest BCUT2D eigenvalue weighted by Crippen LogP contribution is -2.56. The molecular weight excluding hydrogens is 226 g/mol. The van der Waals surface area contributed by atoms with Gasteiger partial charge in [0.2, 0.25) is 5.91 Å². The van der Waals surface area contributed by atoms with Gasteiger partial charge in [-0.15, -0.1) is 0 Å². The Balaban J connectivity index is 1.90. The number of hydrogen-bond donors (Lipinski definition) is 2. The number of carbonyl (C=O) groups excluding carboxylic acids is 2. The molecule has 0 saturated carbocycles. The zero-order valence-corrected chi connectivity index (χ0v) is 9.39. The Morgan fingerprint density at radius 2 is 1.88 bits per heavy atom. The average molecular weight is 241 g/mol. The van der Waals surface area contributed by atoms with Gasteiger partial charge in [-0.2, -0.15) is 0 Å². The zero-order chi connectivity index (χ0) is 12.4. The van der Waals surface area contributed by atoms with E-state index in [2.05, 4.69) is 5.32 Å². The standard InChI is InChI=1S/C10H15N3O4/c14-8-3-6-13(9(15)11-8)7-1-4-12(5-2-7)10(16)17/h7H,1-6H2,(H,16,17)(H,11,14,15). The highest BCUT2D eigenvalue weighted by Gasteiger charge is 2.32. The number of carboxylic acid groups (broad SMARTS) is 1. The van der Waals surface area contributed by atoms with Crippen molar-refractivity contribution in [1.29, 1.82) is 0 Å². The summed E-state index contributed by atoms with van der Waals surface area (Å²) < 4.78 is 0. The molecule has 2 rings (SSSR count). The van der Waals surface area contributed by atoms with Crippen molar-refractivity contribution >= 4 is 18.0 Å². The molecule has 17 heavy (non-hydrogen) atoms. The fourth-order valence-electron chi connectivity index (χ4n) is 2.29. The molecule has 7 heteroatoms. The van der Waals surface area contributed by atoms with Gasteiger partial charge in [0, 0.05) is 32.1 Å². The summed E-state index contributed by atoms with van der Waals surface area (Å²) in [6, 6.07) is -0.311. The molecule has 2 aliphatic heterocycles. The molecule has 0 aliphatic carbocycles. The van der Waals surface area contributed by atoms with Crippen LogP contribution in [0.5, 0.6) is 0 Å². The minimum Gasteiger partial charge on any atom is -0.465 e. The van der Waals surface area contributed by atoms with Crippen LogP contribution in [0.2, 0.25) is 0 Å². The van der Waals surface area contributed by atoms with Gasteiger partial charge in [0.05, 0.1) is 0 Å². The van der Waals surface area contributed by atoms with Crippen molar-refractivity contribution in [3.05, 3.63) is 0 Å². The minimum absolute atomic E-state index is 0.0405. The summed E-state index contributed by atoms with van der Waals surface area (Å²) in [4.78, 5) is 36.3. The van der Waals surface area contributed by atoms with Crippen molar-refractivity contribution in [3.8, 4) is 0 Å². The van der Waals surface area contributed by atoms with Gasteiger partial charge in [0.15, 0.2) is 0 Å². The van der Waals surface area contributed by atoms with Crippen LogP contribution in [0.25, 0.3) is 0 Å². The maximum absolute atomic E-state index is 11.6. The third-order valence-electron chi connectivity index (χ3n) is 3.26. The smallest absolute Gasteiger partial charge is 0.407 e. The van der Waals surface area contributed by atoms with Crippen LogP contribution in [0.15, 0.2) is 0 Å². The summed E-state index contributed by atoms with van der Waals surface area (Å²) in [5.41, 5.74) is 0. The number of nitrogens with one attached hydrogen (secondary N) is 1. The molecular formula is C10H15N3O4. The van der Waals surface area contributed by atoms with Gasteiger partial charge in [-0.1, -0.05) is 0 Å². The Bertz CT molecular complexity index is 349. The number of piperidine rings is 1. The lowest BCUT2D eigenvalue weighted by molar-refractivity contribution is -0.121. The van der Waals surface area contributed by atoms with E-state index >= 15 is 0 Å². The Morgan fingerprint density at radius 1 is 1.24 bits per heavy atom. The summed E-state index contributed by atoms with van der Waals surface area (Å²) in [6.07, 6.45) is 0.675. The average Bonchev–Trinajstić information content (AvgIpc) is 2.29. The molecule has 2 heterocycles. The van der Waals surface area contributed by atoms with Crippen LogP contribution in [0.4, 0.5) is 9.59 Å². The highest BCUT2D eigenvalue weighted by molar-refractivity contribution is 5.96. The third kappa shape index (κ3) is 2.48. The van der Waals surface area contributed by atoms with E-state index in [1.807, 2.05) is 0 Å². The van der Waals surface area contributed by atoms with E-state index < -0.39 is 6.09 Å². The van der Waals surface area contributed by atoms with E-state index in [1.54, 1.807) is 4.90 Å². The number of rotatable bonds is 1. The summed E-state index contributed by atoms with van der Waals surface area (Å²) in [6.45, 7) is 1.32. The van der Waals surface area contributed by atoms with Gasteiger partial charge in [-0.3, -0.25) is 10.1 Å². The van der Waals surface area contributed by atoms with Gasteiger partial charge in [0.25, 0.3) is 0 Å². The molecule has 2 saturated heterocycles. The Morgan fingerprint density at radius 3 is 2.41 bits per heavy atom. The van der Waals surface area contributed by atoms with Gasteiger partial charge in [-0.25, -0.2) is 9.59 Å². The van der Waals surface area contributed by atoms with E-state index in [0.29, 0.717) is 38.9 Å². The van der Waals surface area contributed by atoms with Crippen molar-refractivity contribution in [1.82, 2.24) is 15.1 Å². The minimum atomic E-state index is -0.915. The molecule has 0 aromatic rings. The predicted molar refractivity (Wildman–Crippen MR) is 57.5 cm³/mol. The second kappa shape index (κ2) is 4.60. The first-order valence-electron chi connectivity index (χ1n) is 5.66. The molecule has 2 aliphatic rings. The predicted octanol–water partition coefficient (Wildman–Crippen LogP) is 0.0707. The summed E-state index contributed by atoms with van der Waals surface area (Å²) >= 11 is 0. The molecule has 2 N–H and O–H groups in total. The Labute approximate surface area is 98.4 Å². The number of hydrogen-bond acceptors (Lipinski definition) is 3. The quantitative estimate of drug-likeness (QED) is 0.679. The van der Waals surface area contributed by atoms with E-state index in [1.165, 1.54) is 4.90 Å². The van der Waals surface area contributed by atoms with Gasteiger partial charge < -0.3 is 14.9 Å². The molecule has 0 atom stereocenters. The molecule has 4 amide bonds. The monoisotopic (exact) mass is 241 g/mol. The fraction of sp³-hybridized carbons (Fsp3) is 0.700. The van der Waals surface area contributed by atoms with Crippen LogP contribution in [0, 0.1) is 0 Å². The molecule has 0 bridgehead atoms. The zero-order valence-electron chi connectivity index (χ0n) is 9.39. The first kappa shape index (κ1) is 11.7. The van der Waals surface area contributed by atoms with Crippen molar-refractivity contribution in [2.45, 2.75) is 25.3 Å². The Hall–Kier alpha value is -1.79. The molecule has 0 spiro atoms. The van der Waals surface area contributed by atoms with Crippen molar-refractivity contribution in [3.63, 3.8) is 0 Å². The normalized spacial score (nSPS) is 22.6. The first-order chi connectivity index (χ1) is 8.08. The topological polar surface area (TPSA) is 90.0 Å². The van der Waals surface area contributed by atoms with Crippen molar-refractivity contribution in [2.24, 2.45) is 0 Å². The van der Waals surface area contributed by atoms with Crippen LogP contribution in [0.3, 0.4) is 0 Å². The van der Waals surface area contributed by atoms with E-state index in [4.69, 9.17) is 5.11 Å². The van der Waals surface area contributed by atoms with Gasteiger partial charge in [-0.05, 0) is 12.8 Å². The molecule has 94 valence electrons. The van der Waals surface area contributed by atoms with Crippen molar-refractivity contribution in [2.75, 3.05) is 19.6 Å². The molecule has 0 aromatic heterocycles. The van der Waals surface area contributed by atoms with E-state index in [9.17, 15) is 14.4 Å². The number of imide groups is 1. The van der Waals surface area contributed by atoms with Crippen LogP contribution < -0.4 is 5.32 Å². The maximum Gasteiger partial charge on any atom is 0.407 e. The lowest BCUT2D eigenvalue weighted by atomic mass is 10.0. The summed E-state index contributed by atoms with van der Waals surface area (Å²) in [5, 5.41) is 11.1. The Kier molecular flexibility index (Phi) is 3.16. The van der Waals surface area contributed by atoms with Gasteiger partial charge in [0.1, 0.15) is 0 Å². The second-order valence-electron chi connectivity index (χ2n) is 4.30. The highest BCUT2D eigenvalue weighted by atomic mass is 16.4. The van der Waals surface area contributed by atoms with E-state index in [0.717, 1.165) is 0 Å². The summed E-state index contributed by atoms with van der Waals surface area (Å²) in [5.74, 6) is -0.241. The number of nitrogens with zero attached hydrogens (tertiary/aromatic N) is 2. The molecule has 0 unspecified atom stereocenters. The largest absolute Gasteiger partial charge is 0.465 e. The summed E-state index contributed by atoms with van der Waals surface area (Å²) in [7, 11) is 0. The third-order valence-corrected chi connectivity index (χ3v) is 3.26. The fourth-order valence-corrected chi connectivity index (χ4v) is 2.29. The van der Waals surface area contributed by atoms with Gasteiger partial charge >= 0.3 is 12.1 Å². The van der Waals surface area contributed by atoms with Crippen LogP contribution >= 0.6 is 0 Å². The number of likely N-dealkylation sites (tertiary alicyclic amines) is 1. The number of urea groups is 1. The number of amides is 4. The molecule has 2 fully saturated rings. The second-order valence-corrected chi connectivity index (χ2v) is 4.30. The van der Waals surface area contributed by atoms with Crippen LogP contribution in [0.1, 0.15) is 19.3 Å². The molecule has 0 aromatic carbocycles. The van der Waals surface area contributed by atoms with Crippen LogP contribution in [-0.4, -0.2) is 58.6 Å². The highest BCUT2D eigenvalue weighted by Crippen LogP contribution is 2.18. The van der Waals surface area contributed by atoms with Crippen LogP contribution in [-0.2, 0) is 4.79 Å². The lowest BCUT2D eigenvalue weighted by Gasteiger charge is -2.38. The molecule has 7 nitrogen and oxygen atoms in total. The SMILES string of the molecule is O=C1CCN(C2CCN(C(=O)O)CC2)C(=O)N1. The first-order valence-corrected chi connectivity index (χ1v) is 5.66.